The van der Waals surface area contributed by atoms with Crippen LogP contribution in [0.25, 0.3) is 66.0 Å². The third-order valence-electron chi connectivity index (χ3n) is 6.39. The van der Waals surface area contributed by atoms with E-state index in [-0.39, 0.29) is 0 Å². The summed E-state index contributed by atoms with van der Waals surface area (Å²) in [5.41, 5.74) is 2.87. The Balaban J connectivity index is 1.64. The molecule has 35 heavy (non-hydrogen) atoms. The van der Waals surface area contributed by atoms with Crippen LogP contribution < -0.4 is 0 Å². The van der Waals surface area contributed by atoms with Crippen LogP contribution in [0, 0.1) is 0 Å². The Kier molecular flexibility index (Phi) is 4.53. The highest BCUT2D eigenvalue weighted by Gasteiger charge is 2.17. The predicted molar refractivity (Wildman–Crippen MR) is 144 cm³/mol. The number of hydrogen-bond donors (Lipinski definition) is 0. The summed E-state index contributed by atoms with van der Waals surface area (Å²) in [6.45, 7) is 0. The largest absolute Gasteiger partial charge is 0.265 e. The number of nitrogens with zero attached hydrogens (tertiary/aromatic N) is 5. The molecule has 7 aromatic rings. The molecule has 3 aromatic heterocycles. The fraction of sp³-hybridized carbons (Fsp3) is 0. The number of pyridine rings is 2. The van der Waals surface area contributed by atoms with Gasteiger partial charge in [-0.1, -0.05) is 48.5 Å². The highest BCUT2D eigenvalue weighted by Crippen LogP contribution is 2.42. The molecular weight excluding hydrogens is 498 g/mol. The highest BCUT2D eigenvalue weighted by atomic mass is 79.9. The molecule has 0 atom stereocenters. The molecule has 4 aromatic carbocycles. The first-order valence-electron chi connectivity index (χ1n) is 11.2. The molecule has 0 amide bonds. The number of hydrogen-bond acceptors (Lipinski definition) is 5. The second kappa shape index (κ2) is 7.89. The minimum absolute atomic E-state index is 0.623. The van der Waals surface area contributed by atoms with Gasteiger partial charge >= 0.3 is 0 Å². The fourth-order valence-corrected chi connectivity index (χ4v) is 5.23. The van der Waals surface area contributed by atoms with Gasteiger partial charge in [0.2, 0.25) is 0 Å². The molecule has 0 aliphatic carbocycles. The van der Waals surface area contributed by atoms with Gasteiger partial charge in [-0.3, -0.25) is 9.97 Å². The number of benzene rings is 4. The van der Waals surface area contributed by atoms with Gasteiger partial charge in [0.15, 0.2) is 11.6 Å². The molecule has 3 heterocycles. The zero-order valence-corrected chi connectivity index (χ0v) is 19.9. The summed E-state index contributed by atoms with van der Waals surface area (Å²) in [4.78, 5) is 22.8. The van der Waals surface area contributed by atoms with Gasteiger partial charge in [-0.25, -0.2) is 15.0 Å². The van der Waals surface area contributed by atoms with Crippen molar-refractivity contribution in [2.75, 3.05) is 0 Å². The number of rotatable bonds is 2. The summed E-state index contributed by atoms with van der Waals surface area (Å²) in [6, 6.07) is 25.1. The van der Waals surface area contributed by atoms with Crippen LogP contribution in [0.1, 0.15) is 0 Å². The van der Waals surface area contributed by atoms with Crippen molar-refractivity contribution in [1.29, 1.82) is 0 Å². The van der Waals surface area contributed by atoms with Crippen LogP contribution in [0.5, 0.6) is 0 Å². The van der Waals surface area contributed by atoms with Crippen molar-refractivity contribution >= 4 is 59.2 Å². The summed E-state index contributed by atoms with van der Waals surface area (Å²) in [5.74, 6) is 1.26. The second-order valence-electron chi connectivity index (χ2n) is 8.36. The molecule has 0 unspecified atom stereocenters. The van der Waals surface area contributed by atoms with Crippen molar-refractivity contribution in [3.05, 3.63) is 102 Å². The molecule has 7 rings (SSSR count). The lowest BCUT2D eigenvalue weighted by Gasteiger charge is -2.15. The third-order valence-corrected chi connectivity index (χ3v) is 6.83. The molecule has 0 spiro atoms. The topological polar surface area (TPSA) is 64.5 Å². The molecule has 0 saturated carbocycles. The van der Waals surface area contributed by atoms with E-state index in [2.05, 4.69) is 91.5 Å². The SMILES string of the molecule is Brc1cnc2c3ccccc3c3cc(-c4ncnc(-c5ccncc5)n4)c4ccccc4c3c2c1. The van der Waals surface area contributed by atoms with E-state index in [1.54, 1.807) is 18.7 Å². The molecule has 0 aliphatic heterocycles. The van der Waals surface area contributed by atoms with Crippen LogP contribution in [0.3, 0.4) is 0 Å². The minimum Gasteiger partial charge on any atom is -0.265 e. The average molecular weight is 514 g/mol. The first-order chi connectivity index (χ1) is 17.3. The summed E-state index contributed by atoms with van der Waals surface area (Å²) in [6.07, 6.45) is 6.93. The third kappa shape index (κ3) is 3.18. The average Bonchev–Trinajstić information content (AvgIpc) is 2.93. The van der Waals surface area contributed by atoms with Crippen LogP contribution in [0.2, 0.25) is 0 Å². The zero-order valence-electron chi connectivity index (χ0n) is 18.4. The van der Waals surface area contributed by atoms with Gasteiger partial charge in [0.05, 0.1) is 5.52 Å². The number of fused-ring (bicyclic) bond motifs is 8. The van der Waals surface area contributed by atoms with E-state index < -0.39 is 0 Å². The summed E-state index contributed by atoms with van der Waals surface area (Å²) in [5, 5.41) is 7.94. The molecule has 5 nitrogen and oxygen atoms in total. The zero-order chi connectivity index (χ0) is 23.4. The van der Waals surface area contributed by atoms with E-state index in [1.165, 1.54) is 5.39 Å². The Morgan fingerprint density at radius 2 is 1.31 bits per heavy atom. The standard InChI is InChI=1S/C29H16BrN5/c30-18-13-25-26-21-7-3-1-5-19(21)24(29-34-16-33-28(35-29)17-9-11-31-12-10-17)14-23(26)20-6-2-4-8-22(20)27(25)32-15-18/h1-16H. The Hall–Kier alpha value is -4.29. The Morgan fingerprint density at radius 1 is 0.600 bits per heavy atom. The van der Waals surface area contributed by atoms with Crippen LogP contribution >= 0.6 is 15.9 Å². The normalized spacial score (nSPS) is 11.6. The first-order valence-corrected chi connectivity index (χ1v) is 12.0. The van der Waals surface area contributed by atoms with Crippen LogP contribution in [-0.4, -0.2) is 24.9 Å². The van der Waals surface area contributed by atoms with E-state index >= 15 is 0 Å². The monoisotopic (exact) mass is 513 g/mol. The van der Waals surface area contributed by atoms with Crippen molar-refractivity contribution in [2.45, 2.75) is 0 Å². The Bertz CT molecular complexity index is 1920. The van der Waals surface area contributed by atoms with Gasteiger partial charge in [0.1, 0.15) is 6.33 Å². The lowest BCUT2D eigenvalue weighted by atomic mass is 9.90. The van der Waals surface area contributed by atoms with Crippen LogP contribution in [0.15, 0.2) is 102 Å². The molecule has 6 heteroatoms. The lowest BCUT2D eigenvalue weighted by Crippen LogP contribution is -1.97. The lowest BCUT2D eigenvalue weighted by molar-refractivity contribution is 1.07. The molecule has 0 bridgehead atoms. The fourth-order valence-electron chi connectivity index (χ4n) is 4.90. The van der Waals surface area contributed by atoms with E-state index in [9.17, 15) is 0 Å². The van der Waals surface area contributed by atoms with Gasteiger partial charge in [-0.05, 0) is 67.1 Å². The van der Waals surface area contributed by atoms with Gasteiger partial charge < -0.3 is 0 Å². The van der Waals surface area contributed by atoms with Crippen molar-refractivity contribution in [3.8, 4) is 22.8 Å². The van der Waals surface area contributed by atoms with Gasteiger partial charge in [-0.15, -0.1) is 0 Å². The van der Waals surface area contributed by atoms with Crippen molar-refractivity contribution in [3.63, 3.8) is 0 Å². The maximum atomic E-state index is 4.86. The maximum Gasteiger partial charge on any atom is 0.164 e. The second-order valence-corrected chi connectivity index (χ2v) is 9.27. The van der Waals surface area contributed by atoms with Crippen molar-refractivity contribution < 1.29 is 0 Å². The Morgan fingerprint density at radius 3 is 2.14 bits per heavy atom. The smallest absolute Gasteiger partial charge is 0.164 e. The Labute approximate surface area is 208 Å². The molecular formula is C29H16BrN5. The first kappa shape index (κ1) is 20.1. The maximum absolute atomic E-state index is 4.86. The molecule has 0 N–H and O–H groups in total. The highest BCUT2D eigenvalue weighted by molar-refractivity contribution is 9.10. The van der Waals surface area contributed by atoms with E-state index in [0.29, 0.717) is 11.6 Å². The van der Waals surface area contributed by atoms with Crippen molar-refractivity contribution in [1.82, 2.24) is 24.9 Å². The number of halogens is 1. The van der Waals surface area contributed by atoms with Crippen molar-refractivity contribution in [2.24, 2.45) is 0 Å². The molecule has 0 aliphatic rings. The number of aromatic nitrogens is 5. The molecule has 0 saturated heterocycles. The quantitative estimate of drug-likeness (QED) is 0.226. The predicted octanol–water partition coefficient (Wildman–Crippen LogP) is 7.37. The van der Waals surface area contributed by atoms with Crippen LogP contribution in [-0.2, 0) is 0 Å². The minimum atomic E-state index is 0.623. The molecule has 0 fully saturated rings. The van der Waals surface area contributed by atoms with E-state index in [4.69, 9.17) is 9.97 Å². The summed E-state index contributed by atoms with van der Waals surface area (Å²) < 4.78 is 0.953. The van der Waals surface area contributed by atoms with Gasteiger partial charge in [0, 0.05) is 45.0 Å². The van der Waals surface area contributed by atoms with E-state index in [1.807, 2.05) is 18.3 Å². The summed E-state index contributed by atoms with van der Waals surface area (Å²) >= 11 is 3.63. The van der Waals surface area contributed by atoms with Gasteiger partial charge in [0.25, 0.3) is 0 Å². The van der Waals surface area contributed by atoms with Gasteiger partial charge in [-0.2, -0.15) is 0 Å². The summed E-state index contributed by atoms with van der Waals surface area (Å²) in [7, 11) is 0. The van der Waals surface area contributed by atoms with E-state index in [0.717, 1.165) is 53.4 Å². The molecule has 0 radical (unpaired) electrons. The molecule has 164 valence electrons. The van der Waals surface area contributed by atoms with Crippen LogP contribution in [0.4, 0.5) is 0 Å².